The van der Waals surface area contributed by atoms with Gasteiger partial charge in [0.15, 0.2) is 0 Å². The molecule has 1 aromatic carbocycles. The van der Waals surface area contributed by atoms with Gasteiger partial charge in [0, 0.05) is 12.4 Å². The number of rotatable bonds is 2. The lowest BCUT2D eigenvalue weighted by molar-refractivity contribution is -0.384. The minimum atomic E-state index is -0.432. The Bertz CT molecular complexity index is 566. The average molecular weight is 217 g/mol. The molecule has 0 aliphatic rings. The average Bonchev–Trinajstić information content (AvgIpc) is 2.26. The molecule has 0 atom stereocenters. The standard InChI is InChI=1S/C11H11N3O2/c1-7-3-4-8-9(5-7)13-6-10(14(15)16)11(8)12-2/h3-6H,1-2H3,(H,12,13). The first-order valence-electron chi connectivity index (χ1n) is 4.85. The summed E-state index contributed by atoms with van der Waals surface area (Å²) in [6, 6.07) is 5.66. The van der Waals surface area contributed by atoms with Gasteiger partial charge in [-0.2, -0.15) is 0 Å². The van der Waals surface area contributed by atoms with Gasteiger partial charge in [0.05, 0.1) is 10.4 Å². The molecule has 2 rings (SSSR count). The maximum Gasteiger partial charge on any atom is 0.311 e. The van der Waals surface area contributed by atoms with Crippen molar-refractivity contribution in [3.05, 3.63) is 40.1 Å². The Morgan fingerprint density at radius 1 is 1.44 bits per heavy atom. The molecule has 0 aliphatic heterocycles. The van der Waals surface area contributed by atoms with Crippen LogP contribution in [0.3, 0.4) is 0 Å². The number of nitro groups is 1. The van der Waals surface area contributed by atoms with E-state index in [1.807, 2.05) is 25.1 Å². The van der Waals surface area contributed by atoms with Crippen molar-refractivity contribution in [2.45, 2.75) is 6.92 Å². The normalized spacial score (nSPS) is 10.4. The van der Waals surface area contributed by atoms with Gasteiger partial charge in [-0.1, -0.05) is 12.1 Å². The van der Waals surface area contributed by atoms with Gasteiger partial charge in [0.2, 0.25) is 0 Å². The SMILES string of the molecule is CNc1c([N+](=O)[O-])cnc2cc(C)ccc12. The van der Waals surface area contributed by atoms with Crippen LogP contribution < -0.4 is 5.32 Å². The highest BCUT2D eigenvalue weighted by Gasteiger charge is 2.16. The van der Waals surface area contributed by atoms with E-state index in [9.17, 15) is 10.1 Å². The predicted octanol–water partition coefficient (Wildman–Crippen LogP) is 2.49. The summed E-state index contributed by atoms with van der Waals surface area (Å²) in [5.74, 6) is 0. The molecular weight excluding hydrogens is 206 g/mol. The summed E-state index contributed by atoms with van der Waals surface area (Å²) in [6.45, 7) is 1.96. The second kappa shape index (κ2) is 3.77. The minimum absolute atomic E-state index is 0.00106. The first-order valence-corrected chi connectivity index (χ1v) is 4.85. The number of hydrogen-bond acceptors (Lipinski definition) is 4. The molecule has 0 radical (unpaired) electrons. The van der Waals surface area contributed by atoms with Crippen LogP contribution in [-0.4, -0.2) is 17.0 Å². The van der Waals surface area contributed by atoms with Crippen LogP contribution in [0.15, 0.2) is 24.4 Å². The van der Waals surface area contributed by atoms with E-state index in [1.54, 1.807) is 7.05 Å². The van der Waals surface area contributed by atoms with Gasteiger partial charge in [-0.05, 0) is 18.6 Å². The van der Waals surface area contributed by atoms with E-state index in [1.165, 1.54) is 6.20 Å². The molecule has 0 fully saturated rings. The van der Waals surface area contributed by atoms with Crippen molar-refractivity contribution >= 4 is 22.3 Å². The Labute approximate surface area is 92.3 Å². The lowest BCUT2D eigenvalue weighted by Gasteiger charge is -2.06. The summed E-state index contributed by atoms with van der Waals surface area (Å²) in [5, 5.41) is 14.4. The van der Waals surface area contributed by atoms with Crippen molar-refractivity contribution in [3.63, 3.8) is 0 Å². The Morgan fingerprint density at radius 2 is 2.19 bits per heavy atom. The quantitative estimate of drug-likeness (QED) is 0.619. The molecule has 0 amide bonds. The van der Waals surface area contributed by atoms with Gasteiger partial charge >= 0.3 is 5.69 Å². The first-order chi connectivity index (χ1) is 7.63. The molecule has 1 aromatic heterocycles. The second-order valence-corrected chi connectivity index (χ2v) is 3.55. The lowest BCUT2D eigenvalue weighted by atomic mass is 10.1. The molecule has 2 aromatic rings. The van der Waals surface area contributed by atoms with E-state index in [0.717, 1.165) is 16.5 Å². The van der Waals surface area contributed by atoms with E-state index in [-0.39, 0.29) is 5.69 Å². The maximum absolute atomic E-state index is 10.8. The number of pyridine rings is 1. The highest BCUT2D eigenvalue weighted by atomic mass is 16.6. The highest BCUT2D eigenvalue weighted by Crippen LogP contribution is 2.31. The molecule has 1 heterocycles. The van der Waals surface area contributed by atoms with Crippen molar-refractivity contribution in [1.82, 2.24) is 4.98 Å². The molecule has 82 valence electrons. The third-order valence-electron chi connectivity index (χ3n) is 2.45. The number of nitrogens with zero attached hydrogens (tertiary/aromatic N) is 2. The van der Waals surface area contributed by atoms with Gasteiger partial charge in [0.1, 0.15) is 11.9 Å². The Balaban J connectivity index is 2.80. The fraction of sp³-hybridized carbons (Fsp3) is 0.182. The predicted molar refractivity (Wildman–Crippen MR) is 62.7 cm³/mol. The van der Waals surface area contributed by atoms with Crippen LogP contribution in [-0.2, 0) is 0 Å². The zero-order valence-electron chi connectivity index (χ0n) is 9.02. The monoisotopic (exact) mass is 217 g/mol. The summed E-state index contributed by atoms with van der Waals surface area (Å²) >= 11 is 0. The van der Waals surface area contributed by atoms with Gasteiger partial charge in [-0.3, -0.25) is 10.1 Å². The lowest BCUT2D eigenvalue weighted by Crippen LogP contribution is -1.98. The van der Waals surface area contributed by atoms with Crippen molar-refractivity contribution < 1.29 is 4.92 Å². The van der Waals surface area contributed by atoms with Crippen LogP contribution in [0, 0.1) is 17.0 Å². The summed E-state index contributed by atoms with van der Waals surface area (Å²) in [5.41, 5.74) is 2.35. The van der Waals surface area contributed by atoms with Gasteiger partial charge in [-0.25, -0.2) is 4.98 Å². The smallest absolute Gasteiger partial charge is 0.311 e. The molecule has 0 unspecified atom stereocenters. The summed E-state index contributed by atoms with van der Waals surface area (Å²) in [7, 11) is 1.67. The zero-order valence-corrected chi connectivity index (χ0v) is 9.02. The molecular formula is C11H11N3O2. The van der Waals surface area contributed by atoms with Crippen LogP contribution >= 0.6 is 0 Å². The largest absolute Gasteiger partial charge is 0.382 e. The second-order valence-electron chi connectivity index (χ2n) is 3.55. The summed E-state index contributed by atoms with van der Waals surface area (Å²) in [6.07, 6.45) is 1.29. The first kappa shape index (κ1) is 10.4. The van der Waals surface area contributed by atoms with E-state index in [2.05, 4.69) is 10.3 Å². The molecule has 1 N–H and O–H groups in total. The Kier molecular flexibility index (Phi) is 2.44. The van der Waals surface area contributed by atoms with Crippen LogP contribution in [0.25, 0.3) is 10.9 Å². The molecule has 5 heteroatoms. The number of benzene rings is 1. The molecule has 0 bridgehead atoms. The third kappa shape index (κ3) is 1.56. The molecule has 0 saturated heterocycles. The van der Waals surface area contributed by atoms with Crippen molar-refractivity contribution in [1.29, 1.82) is 0 Å². The molecule has 5 nitrogen and oxygen atoms in total. The highest BCUT2D eigenvalue weighted by molar-refractivity contribution is 5.95. The Hall–Kier alpha value is -2.17. The van der Waals surface area contributed by atoms with Crippen molar-refractivity contribution in [2.75, 3.05) is 12.4 Å². The van der Waals surface area contributed by atoms with E-state index < -0.39 is 4.92 Å². The molecule has 0 aliphatic carbocycles. The van der Waals surface area contributed by atoms with E-state index in [4.69, 9.17) is 0 Å². The fourth-order valence-corrected chi connectivity index (χ4v) is 1.69. The molecule has 0 spiro atoms. The van der Waals surface area contributed by atoms with Gasteiger partial charge in [-0.15, -0.1) is 0 Å². The fourth-order valence-electron chi connectivity index (χ4n) is 1.69. The van der Waals surface area contributed by atoms with Gasteiger partial charge in [0.25, 0.3) is 0 Å². The van der Waals surface area contributed by atoms with Crippen LogP contribution in [0.2, 0.25) is 0 Å². The third-order valence-corrected chi connectivity index (χ3v) is 2.45. The summed E-state index contributed by atoms with van der Waals surface area (Å²) in [4.78, 5) is 14.5. The number of hydrogen-bond donors (Lipinski definition) is 1. The number of fused-ring (bicyclic) bond motifs is 1. The van der Waals surface area contributed by atoms with Crippen molar-refractivity contribution in [2.24, 2.45) is 0 Å². The number of anilines is 1. The number of aryl methyl sites for hydroxylation is 1. The van der Waals surface area contributed by atoms with E-state index in [0.29, 0.717) is 5.69 Å². The zero-order chi connectivity index (χ0) is 11.7. The van der Waals surface area contributed by atoms with Crippen LogP contribution in [0.1, 0.15) is 5.56 Å². The summed E-state index contributed by atoms with van der Waals surface area (Å²) < 4.78 is 0. The number of aromatic nitrogens is 1. The number of nitrogens with one attached hydrogen (secondary N) is 1. The minimum Gasteiger partial charge on any atom is -0.382 e. The Morgan fingerprint density at radius 3 is 2.81 bits per heavy atom. The molecule has 0 saturated carbocycles. The van der Waals surface area contributed by atoms with Crippen molar-refractivity contribution in [3.8, 4) is 0 Å². The maximum atomic E-state index is 10.8. The van der Waals surface area contributed by atoms with Crippen LogP contribution in [0.5, 0.6) is 0 Å². The van der Waals surface area contributed by atoms with Gasteiger partial charge < -0.3 is 5.32 Å². The molecule has 16 heavy (non-hydrogen) atoms. The topological polar surface area (TPSA) is 68.1 Å². The van der Waals surface area contributed by atoms with Crippen LogP contribution in [0.4, 0.5) is 11.4 Å². The van der Waals surface area contributed by atoms with E-state index >= 15 is 0 Å².